The van der Waals surface area contributed by atoms with Crippen LogP contribution in [-0.2, 0) is 24.2 Å². The van der Waals surface area contributed by atoms with Gasteiger partial charge in [-0.15, -0.1) is 10.2 Å². The molecule has 1 aromatic heterocycles. The first-order valence-electron chi connectivity index (χ1n) is 8.73. The van der Waals surface area contributed by atoms with Gasteiger partial charge in [-0.3, -0.25) is 4.90 Å². The predicted molar refractivity (Wildman–Crippen MR) is 89.9 cm³/mol. The average molecular weight is 328 g/mol. The molecule has 1 aromatic carbocycles. The summed E-state index contributed by atoms with van der Waals surface area (Å²) in [5.74, 6) is 3.06. The van der Waals surface area contributed by atoms with Crippen LogP contribution in [0.25, 0.3) is 0 Å². The summed E-state index contributed by atoms with van der Waals surface area (Å²) in [4.78, 5) is 2.46. The highest BCUT2D eigenvalue weighted by Gasteiger charge is 2.27. The zero-order valence-electron chi connectivity index (χ0n) is 14.1. The third-order valence-electron chi connectivity index (χ3n) is 4.95. The minimum absolute atomic E-state index is 0.131. The summed E-state index contributed by atoms with van der Waals surface area (Å²) in [5.41, 5.74) is 1.23. The number of hydrogen-bond acceptors (Lipinski definition) is 5. The molecule has 0 N–H and O–H groups in total. The molecule has 128 valence electrons. The van der Waals surface area contributed by atoms with Crippen LogP contribution in [0.5, 0.6) is 5.75 Å². The van der Waals surface area contributed by atoms with Crippen molar-refractivity contribution >= 4 is 0 Å². The quantitative estimate of drug-likeness (QED) is 0.861. The van der Waals surface area contributed by atoms with Crippen molar-refractivity contribution < 1.29 is 9.47 Å². The van der Waals surface area contributed by atoms with Crippen LogP contribution in [0.4, 0.5) is 0 Å². The van der Waals surface area contributed by atoms with Crippen LogP contribution in [0.1, 0.15) is 36.2 Å². The summed E-state index contributed by atoms with van der Waals surface area (Å²) in [6, 6.07) is 8.25. The minimum atomic E-state index is 0.131. The molecule has 0 radical (unpaired) electrons. The van der Waals surface area contributed by atoms with Crippen LogP contribution < -0.4 is 4.74 Å². The maximum atomic E-state index is 5.80. The van der Waals surface area contributed by atoms with Gasteiger partial charge in [0.25, 0.3) is 0 Å². The molecule has 1 unspecified atom stereocenters. The standard InChI is InChI=1S/C18H24N4O2/c1-23-15-6-3-2-5-14(15)13-21-9-8-17-19-20-18(22(17)11-10-21)16-7-4-12-24-16/h2-3,5-6,16H,4,7-13H2,1H3. The largest absolute Gasteiger partial charge is 0.496 e. The van der Waals surface area contributed by atoms with Gasteiger partial charge in [-0.2, -0.15) is 0 Å². The Morgan fingerprint density at radius 2 is 2.12 bits per heavy atom. The summed E-state index contributed by atoms with van der Waals surface area (Å²) >= 11 is 0. The molecule has 0 saturated carbocycles. The molecule has 6 heteroatoms. The summed E-state index contributed by atoms with van der Waals surface area (Å²) in [7, 11) is 1.73. The third-order valence-corrected chi connectivity index (χ3v) is 4.95. The molecule has 4 rings (SSSR count). The molecule has 1 atom stereocenters. The second kappa shape index (κ2) is 6.91. The first-order chi connectivity index (χ1) is 11.8. The zero-order chi connectivity index (χ0) is 16.4. The van der Waals surface area contributed by atoms with Crippen molar-refractivity contribution in [2.75, 3.05) is 26.8 Å². The normalized spacial score (nSPS) is 21.5. The second-order valence-corrected chi connectivity index (χ2v) is 6.47. The summed E-state index contributed by atoms with van der Waals surface area (Å²) in [5, 5.41) is 8.83. The lowest BCUT2D eigenvalue weighted by Gasteiger charge is -2.21. The maximum absolute atomic E-state index is 5.80. The van der Waals surface area contributed by atoms with Gasteiger partial charge < -0.3 is 14.0 Å². The number of ether oxygens (including phenoxy) is 2. The van der Waals surface area contributed by atoms with Crippen molar-refractivity contribution in [3.05, 3.63) is 41.5 Å². The van der Waals surface area contributed by atoms with Crippen LogP contribution in [0.15, 0.2) is 24.3 Å². The lowest BCUT2D eigenvalue weighted by Crippen LogP contribution is -2.27. The van der Waals surface area contributed by atoms with E-state index in [1.807, 2.05) is 12.1 Å². The lowest BCUT2D eigenvalue weighted by molar-refractivity contribution is 0.101. The fourth-order valence-corrected chi connectivity index (χ4v) is 3.64. The maximum Gasteiger partial charge on any atom is 0.162 e. The first kappa shape index (κ1) is 15.6. The van der Waals surface area contributed by atoms with Gasteiger partial charge in [-0.05, 0) is 18.9 Å². The van der Waals surface area contributed by atoms with Crippen molar-refractivity contribution in [1.82, 2.24) is 19.7 Å². The van der Waals surface area contributed by atoms with Crippen molar-refractivity contribution in [1.29, 1.82) is 0 Å². The molecule has 2 aromatic rings. The Morgan fingerprint density at radius 3 is 2.96 bits per heavy atom. The summed E-state index contributed by atoms with van der Waals surface area (Å²) in [6.07, 6.45) is 3.23. The SMILES string of the molecule is COc1ccccc1CN1CCc2nnc(C3CCCO3)n2CC1. The Bertz CT molecular complexity index is 694. The molecule has 2 aliphatic heterocycles. The monoisotopic (exact) mass is 328 g/mol. The van der Waals surface area contributed by atoms with Crippen LogP contribution in [0, 0.1) is 0 Å². The van der Waals surface area contributed by atoms with Crippen LogP contribution in [-0.4, -0.2) is 46.5 Å². The number of nitrogens with zero attached hydrogens (tertiary/aromatic N) is 4. The Balaban J connectivity index is 1.47. The van der Waals surface area contributed by atoms with E-state index in [9.17, 15) is 0 Å². The molecule has 0 amide bonds. The Hall–Kier alpha value is -1.92. The molecule has 2 aliphatic rings. The molecule has 0 bridgehead atoms. The van der Waals surface area contributed by atoms with Gasteiger partial charge in [0.05, 0.1) is 7.11 Å². The predicted octanol–water partition coefficient (Wildman–Crippen LogP) is 2.20. The molecule has 24 heavy (non-hydrogen) atoms. The fourth-order valence-electron chi connectivity index (χ4n) is 3.64. The van der Waals surface area contributed by atoms with Crippen molar-refractivity contribution in [2.24, 2.45) is 0 Å². The van der Waals surface area contributed by atoms with Gasteiger partial charge in [0, 0.05) is 44.8 Å². The molecule has 0 spiro atoms. The molecule has 0 aliphatic carbocycles. The topological polar surface area (TPSA) is 52.4 Å². The third kappa shape index (κ3) is 3.03. The van der Waals surface area contributed by atoms with E-state index in [0.717, 1.165) is 69.4 Å². The number of hydrogen-bond donors (Lipinski definition) is 0. The van der Waals surface area contributed by atoms with E-state index in [-0.39, 0.29) is 6.10 Å². The molecule has 6 nitrogen and oxygen atoms in total. The number of methoxy groups -OCH3 is 1. The Morgan fingerprint density at radius 1 is 1.21 bits per heavy atom. The smallest absolute Gasteiger partial charge is 0.162 e. The van der Waals surface area contributed by atoms with E-state index in [2.05, 4.69) is 31.8 Å². The summed E-state index contributed by atoms with van der Waals surface area (Å²) in [6.45, 7) is 4.64. The van der Waals surface area contributed by atoms with E-state index >= 15 is 0 Å². The van der Waals surface area contributed by atoms with E-state index in [1.54, 1.807) is 7.11 Å². The number of benzene rings is 1. The molecule has 3 heterocycles. The second-order valence-electron chi connectivity index (χ2n) is 6.47. The Kier molecular flexibility index (Phi) is 4.49. The zero-order valence-corrected chi connectivity index (χ0v) is 14.1. The van der Waals surface area contributed by atoms with E-state index in [4.69, 9.17) is 9.47 Å². The first-order valence-corrected chi connectivity index (χ1v) is 8.73. The average Bonchev–Trinajstić information content (AvgIpc) is 3.23. The van der Waals surface area contributed by atoms with Crippen molar-refractivity contribution in [2.45, 2.75) is 38.5 Å². The number of fused-ring (bicyclic) bond motifs is 1. The number of para-hydroxylation sites is 1. The fraction of sp³-hybridized carbons (Fsp3) is 0.556. The number of rotatable bonds is 4. The van der Waals surface area contributed by atoms with Crippen molar-refractivity contribution in [3.63, 3.8) is 0 Å². The molecular formula is C18H24N4O2. The van der Waals surface area contributed by atoms with Gasteiger partial charge in [0.1, 0.15) is 17.7 Å². The van der Waals surface area contributed by atoms with E-state index in [0.29, 0.717) is 0 Å². The highest BCUT2D eigenvalue weighted by molar-refractivity contribution is 5.33. The van der Waals surface area contributed by atoms with Gasteiger partial charge in [0.2, 0.25) is 0 Å². The van der Waals surface area contributed by atoms with Gasteiger partial charge in [0.15, 0.2) is 5.82 Å². The highest BCUT2D eigenvalue weighted by Crippen LogP contribution is 2.28. The van der Waals surface area contributed by atoms with Gasteiger partial charge >= 0.3 is 0 Å². The summed E-state index contributed by atoms with van der Waals surface area (Å²) < 4.78 is 13.6. The van der Waals surface area contributed by atoms with Gasteiger partial charge in [-0.25, -0.2) is 0 Å². The van der Waals surface area contributed by atoms with Crippen LogP contribution in [0.2, 0.25) is 0 Å². The molecule has 1 saturated heterocycles. The van der Waals surface area contributed by atoms with Crippen molar-refractivity contribution in [3.8, 4) is 5.75 Å². The minimum Gasteiger partial charge on any atom is -0.496 e. The molecular weight excluding hydrogens is 304 g/mol. The Labute approximate surface area is 142 Å². The highest BCUT2D eigenvalue weighted by atomic mass is 16.5. The van der Waals surface area contributed by atoms with E-state index in [1.165, 1.54) is 5.56 Å². The van der Waals surface area contributed by atoms with E-state index < -0.39 is 0 Å². The lowest BCUT2D eigenvalue weighted by atomic mass is 10.2. The molecule has 1 fully saturated rings. The van der Waals surface area contributed by atoms with Gasteiger partial charge in [-0.1, -0.05) is 18.2 Å². The van der Waals surface area contributed by atoms with Crippen LogP contribution in [0.3, 0.4) is 0 Å². The number of aromatic nitrogens is 3. The van der Waals surface area contributed by atoms with Crippen LogP contribution >= 0.6 is 0 Å².